The summed E-state index contributed by atoms with van der Waals surface area (Å²) in [6.45, 7) is 1.52. The Labute approximate surface area is 138 Å². The van der Waals surface area contributed by atoms with Crippen molar-refractivity contribution < 1.29 is 18.7 Å². The first kappa shape index (κ1) is 15.9. The van der Waals surface area contributed by atoms with Crippen molar-refractivity contribution >= 4 is 39.4 Å². The number of carbonyl (C=O) groups is 2. The molecule has 3 rings (SSSR count). The first-order chi connectivity index (χ1) is 11.5. The van der Waals surface area contributed by atoms with Gasteiger partial charge in [-0.15, -0.1) is 10.2 Å². The summed E-state index contributed by atoms with van der Waals surface area (Å²) in [6, 6.07) is 4.41. The Morgan fingerprint density at radius 1 is 1.38 bits per heavy atom. The van der Waals surface area contributed by atoms with Gasteiger partial charge >= 0.3 is 11.7 Å². The number of nitrogens with one attached hydrogen (secondary N) is 1. The van der Waals surface area contributed by atoms with Crippen LogP contribution < -0.4 is 11.1 Å². The third-order valence-electron chi connectivity index (χ3n) is 3.16. The minimum atomic E-state index is -0.699. The summed E-state index contributed by atoms with van der Waals surface area (Å²) >= 11 is 1.23. The maximum Gasteiger partial charge on any atom is 0.420 e. The number of ether oxygens (including phenoxy) is 1. The molecule has 10 heteroatoms. The molecule has 1 N–H and O–H groups in total. The molecule has 0 aliphatic rings. The average Bonchev–Trinajstić information content (AvgIpc) is 3.09. The second-order valence-corrected chi connectivity index (χ2v) is 5.98. The first-order valence-electron chi connectivity index (χ1n) is 6.79. The Balaban J connectivity index is 1.86. The number of nitrogens with zero attached hydrogens (tertiary/aromatic N) is 3. The van der Waals surface area contributed by atoms with E-state index in [-0.39, 0.29) is 17.7 Å². The Morgan fingerprint density at radius 3 is 2.83 bits per heavy atom. The van der Waals surface area contributed by atoms with Crippen LogP contribution in [0.15, 0.2) is 27.4 Å². The van der Waals surface area contributed by atoms with Gasteiger partial charge in [0.15, 0.2) is 5.58 Å². The molecule has 0 spiro atoms. The van der Waals surface area contributed by atoms with Gasteiger partial charge < -0.3 is 9.15 Å². The van der Waals surface area contributed by atoms with Crippen LogP contribution in [0.1, 0.15) is 15.4 Å². The van der Waals surface area contributed by atoms with Crippen molar-refractivity contribution in [3.05, 3.63) is 39.3 Å². The molecule has 0 radical (unpaired) electrons. The molecule has 2 aromatic heterocycles. The summed E-state index contributed by atoms with van der Waals surface area (Å²) < 4.78 is 10.9. The molecule has 1 aromatic carbocycles. The van der Waals surface area contributed by atoms with Crippen LogP contribution in [-0.2, 0) is 16.1 Å². The number of rotatable bonds is 4. The summed E-state index contributed by atoms with van der Waals surface area (Å²) in [5, 5.41) is 11.2. The lowest BCUT2D eigenvalue weighted by Gasteiger charge is -2.03. The van der Waals surface area contributed by atoms with Gasteiger partial charge in [0.05, 0.1) is 18.2 Å². The smallest absolute Gasteiger partial charge is 0.420 e. The number of esters is 1. The van der Waals surface area contributed by atoms with Gasteiger partial charge in [-0.25, -0.2) is 9.59 Å². The molecule has 124 valence electrons. The second kappa shape index (κ2) is 6.24. The van der Waals surface area contributed by atoms with Crippen molar-refractivity contribution in [1.82, 2.24) is 14.8 Å². The quantitative estimate of drug-likeness (QED) is 0.704. The molecule has 0 fully saturated rings. The molecule has 0 bridgehead atoms. The topological polar surface area (TPSA) is 116 Å². The van der Waals surface area contributed by atoms with E-state index in [4.69, 9.17) is 4.42 Å². The first-order valence-corrected chi connectivity index (χ1v) is 7.61. The molecule has 2 heterocycles. The number of anilines is 1. The van der Waals surface area contributed by atoms with E-state index in [2.05, 4.69) is 20.3 Å². The van der Waals surface area contributed by atoms with Crippen molar-refractivity contribution in [2.45, 2.75) is 13.5 Å². The van der Waals surface area contributed by atoms with Gasteiger partial charge in [0.1, 0.15) is 11.6 Å². The maximum atomic E-state index is 12.1. The molecule has 0 saturated heterocycles. The van der Waals surface area contributed by atoms with E-state index < -0.39 is 17.6 Å². The summed E-state index contributed by atoms with van der Waals surface area (Å²) in [5.41, 5.74) is 0.846. The molecule has 1 amide bonds. The number of oxazole rings is 1. The zero-order chi connectivity index (χ0) is 17.3. The standard InChI is InChI=1S/C14H12N4O5S/c1-7-16-17-13(24-7)15-11(19)6-18-9-4-3-8(12(20)22-2)5-10(9)23-14(18)21/h3-5H,6H2,1-2H3,(H,15,17,19). The molecule has 0 aliphatic heterocycles. The molecule has 3 aromatic rings. The molecular formula is C14H12N4O5S. The highest BCUT2D eigenvalue weighted by molar-refractivity contribution is 7.15. The van der Waals surface area contributed by atoms with Crippen molar-refractivity contribution in [3.8, 4) is 0 Å². The highest BCUT2D eigenvalue weighted by Crippen LogP contribution is 2.17. The molecule has 0 unspecified atom stereocenters. The van der Waals surface area contributed by atoms with Crippen molar-refractivity contribution in [2.75, 3.05) is 12.4 Å². The van der Waals surface area contributed by atoms with Gasteiger partial charge in [-0.2, -0.15) is 0 Å². The van der Waals surface area contributed by atoms with Gasteiger partial charge in [-0.05, 0) is 25.1 Å². The fraction of sp³-hybridized carbons (Fsp3) is 0.214. The minimum absolute atomic E-state index is 0.197. The average molecular weight is 348 g/mol. The third-order valence-corrected chi connectivity index (χ3v) is 3.92. The lowest BCUT2D eigenvalue weighted by atomic mass is 10.2. The second-order valence-electron chi connectivity index (χ2n) is 4.80. The zero-order valence-corrected chi connectivity index (χ0v) is 13.5. The van der Waals surface area contributed by atoms with E-state index in [0.717, 1.165) is 0 Å². The van der Waals surface area contributed by atoms with E-state index in [1.807, 2.05) is 0 Å². The molecule has 0 atom stereocenters. The van der Waals surface area contributed by atoms with Crippen LogP contribution in [0, 0.1) is 6.92 Å². The Kier molecular flexibility index (Phi) is 4.13. The van der Waals surface area contributed by atoms with Crippen LogP contribution >= 0.6 is 11.3 Å². The van der Waals surface area contributed by atoms with E-state index in [9.17, 15) is 14.4 Å². The SMILES string of the molecule is COC(=O)c1ccc2c(c1)oc(=O)n2CC(=O)Nc1nnc(C)s1. The van der Waals surface area contributed by atoms with Crippen LogP contribution in [0.3, 0.4) is 0 Å². The van der Waals surface area contributed by atoms with Crippen LogP contribution in [0.2, 0.25) is 0 Å². The van der Waals surface area contributed by atoms with Gasteiger partial charge in [-0.1, -0.05) is 11.3 Å². The number of aromatic nitrogens is 3. The Hall–Kier alpha value is -3.01. The van der Waals surface area contributed by atoms with Crippen LogP contribution in [0.5, 0.6) is 0 Å². The van der Waals surface area contributed by atoms with Crippen LogP contribution in [0.4, 0.5) is 5.13 Å². The van der Waals surface area contributed by atoms with E-state index in [0.29, 0.717) is 15.7 Å². The highest BCUT2D eigenvalue weighted by atomic mass is 32.1. The highest BCUT2D eigenvalue weighted by Gasteiger charge is 2.16. The number of benzene rings is 1. The van der Waals surface area contributed by atoms with Crippen molar-refractivity contribution in [3.63, 3.8) is 0 Å². The molecule has 0 aliphatic carbocycles. The lowest BCUT2D eigenvalue weighted by Crippen LogP contribution is -2.24. The van der Waals surface area contributed by atoms with Crippen LogP contribution in [0.25, 0.3) is 11.1 Å². The summed E-state index contributed by atoms with van der Waals surface area (Å²) in [7, 11) is 1.26. The fourth-order valence-electron chi connectivity index (χ4n) is 2.11. The van der Waals surface area contributed by atoms with Gasteiger partial charge in [-0.3, -0.25) is 14.7 Å². The number of fused-ring (bicyclic) bond motifs is 1. The summed E-state index contributed by atoms with van der Waals surface area (Å²) in [4.78, 5) is 35.5. The van der Waals surface area contributed by atoms with Crippen molar-refractivity contribution in [2.24, 2.45) is 0 Å². The Morgan fingerprint density at radius 2 is 2.17 bits per heavy atom. The molecule has 24 heavy (non-hydrogen) atoms. The predicted molar refractivity (Wildman–Crippen MR) is 85.1 cm³/mol. The number of hydrogen-bond acceptors (Lipinski definition) is 8. The van der Waals surface area contributed by atoms with Gasteiger partial charge in [0.2, 0.25) is 11.0 Å². The summed E-state index contributed by atoms with van der Waals surface area (Å²) in [5.74, 6) is -1.68. The van der Waals surface area contributed by atoms with Gasteiger partial charge in [0.25, 0.3) is 0 Å². The maximum absolute atomic E-state index is 12.1. The van der Waals surface area contributed by atoms with E-state index in [1.54, 1.807) is 6.92 Å². The van der Waals surface area contributed by atoms with E-state index in [1.165, 1.54) is 41.2 Å². The summed E-state index contributed by atoms with van der Waals surface area (Å²) in [6.07, 6.45) is 0. The molecule has 9 nitrogen and oxygen atoms in total. The minimum Gasteiger partial charge on any atom is -0.465 e. The normalized spacial score (nSPS) is 10.8. The van der Waals surface area contributed by atoms with Crippen LogP contribution in [-0.4, -0.2) is 33.8 Å². The van der Waals surface area contributed by atoms with Crippen molar-refractivity contribution in [1.29, 1.82) is 0 Å². The largest absolute Gasteiger partial charge is 0.465 e. The lowest BCUT2D eigenvalue weighted by molar-refractivity contribution is -0.116. The molecular weight excluding hydrogens is 336 g/mol. The predicted octanol–water partition coefficient (Wildman–Crippen LogP) is 1.18. The number of aryl methyl sites for hydroxylation is 1. The third kappa shape index (κ3) is 3.04. The number of hydrogen-bond donors (Lipinski definition) is 1. The number of methoxy groups -OCH3 is 1. The fourth-order valence-corrected chi connectivity index (χ4v) is 2.72. The van der Waals surface area contributed by atoms with Gasteiger partial charge in [0, 0.05) is 0 Å². The monoisotopic (exact) mass is 348 g/mol. The Bertz CT molecular complexity index is 987. The van der Waals surface area contributed by atoms with E-state index >= 15 is 0 Å². The number of carbonyl (C=O) groups excluding carboxylic acids is 2. The molecule has 0 saturated carbocycles. The number of amides is 1. The zero-order valence-electron chi connectivity index (χ0n) is 12.7.